The monoisotopic (exact) mass is 302 g/mol. The van der Waals surface area contributed by atoms with Gasteiger partial charge in [-0.3, -0.25) is 4.57 Å². The van der Waals surface area contributed by atoms with Gasteiger partial charge in [0.25, 0.3) is 0 Å². The maximum absolute atomic E-state index is 5.92. The quantitative estimate of drug-likeness (QED) is 0.695. The summed E-state index contributed by atoms with van der Waals surface area (Å²) in [5.41, 5.74) is 3.57. The van der Waals surface area contributed by atoms with Gasteiger partial charge < -0.3 is 4.74 Å². The van der Waals surface area contributed by atoms with Crippen LogP contribution in [0.1, 0.15) is 11.4 Å². The Kier molecular flexibility index (Phi) is 3.75. The normalized spacial score (nSPS) is 11.0. The molecule has 0 saturated carbocycles. The number of aryl methyl sites for hydroxylation is 2. The summed E-state index contributed by atoms with van der Waals surface area (Å²) < 4.78 is 7.31. The highest BCUT2D eigenvalue weighted by molar-refractivity contribution is 6.17. The van der Waals surface area contributed by atoms with Crippen LogP contribution in [0.25, 0.3) is 16.9 Å². The van der Waals surface area contributed by atoms with Gasteiger partial charge in [-0.1, -0.05) is 18.2 Å². The molecule has 108 valence electrons. The molecule has 0 aliphatic heterocycles. The maximum Gasteiger partial charge on any atom is 0.245 e. The molecule has 0 saturated heterocycles. The van der Waals surface area contributed by atoms with Crippen LogP contribution < -0.4 is 4.74 Å². The summed E-state index contributed by atoms with van der Waals surface area (Å²) in [6.07, 6.45) is 2.14. The average Bonchev–Trinajstić information content (AvgIpc) is 2.86. The second-order valence-electron chi connectivity index (χ2n) is 4.64. The lowest BCUT2D eigenvalue weighted by Gasteiger charge is -2.10. The largest absolute Gasteiger partial charge is 0.479 e. The molecule has 0 amide bonds. The van der Waals surface area contributed by atoms with E-state index in [1.165, 1.54) is 6.33 Å². The van der Waals surface area contributed by atoms with Gasteiger partial charge in [0.05, 0.1) is 12.8 Å². The molecule has 0 aliphatic rings. The standard InChI is InChI=1S/C15H15ClN4O/c1-10-5-3-4-6-11(10)20-12(7-8-16)19-13-14(20)17-9-18-15(13)21-2/h3-6,9H,7-8H2,1-2H3. The van der Waals surface area contributed by atoms with E-state index < -0.39 is 0 Å². The van der Waals surface area contributed by atoms with Crippen LogP contribution in [0.3, 0.4) is 0 Å². The van der Waals surface area contributed by atoms with Crippen molar-refractivity contribution in [2.45, 2.75) is 13.3 Å². The van der Waals surface area contributed by atoms with Crippen molar-refractivity contribution in [3.63, 3.8) is 0 Å². The number of aromatic nitrogens is 4. The Bertz CT molecular complexity index is 784. The third kappa shape index (κ3) is 2.34. The van der Waals surface area contributed by atoms with E-state index >= 15 is 0 Å². The number of nitrogens with zero attached hydrogens (tertiary/aromatic N) is 4. The Morgan fingerprint density at radius 3 is 2.76 bits per heavy atom. The maximum atomic E-state index is 5.92. The molecular weight excluding hydrogens is 288 g/mol. The number of halogens is 1. The van der Waals surface area contributed by atoms with Crippen LogP contribution in [0.2, 0.25) is 0 Å². The molecule has 0 bridgehead atoms. The van der Waals surface area contributed by atoms with Crippen LogP contribution in [0.5, 0.6) is 5.88 Å². The minimum Gasteiger partial charge on any atom is -0.479 e. The third-order valence-electron chi connectivity index (χ3n) is 3.35. The van der Waals surface area contributed by atoms with Gasteiger partial charge in [0.1, 0.15) is 12.2 Å². The first-order chi connectivity index (χ1) is 10.3. The van der Waals surface area contributed by atoms with E-state index in [2.05, 4.69) is 27.9 Å². The lowest BCUT2D eigenvalue weighted by molar-refractivity contribution is 0.401. The number of ether oxygens (including phenoxy) is 1. The molecule has 1 aromatic carbocycles. The first-order valence-corrected chi connectivity index (χ1v) is 7.18. The van der Waals surface area contributed by atoms with E-state index in [1.807, 2.05) is 22.8 Å². The van der Waals surface area contributed by atoms with Crippen molar-refractivity contribution in [3.05, 3.63) is 42.0 Å². The van der Waals surface area contributed by atoms with E-state index in [4.69, 9.17) is 16.3 Å². The second-order valence-corrected chi connectivity index (χ2v) is 5.02. The summed E-state index contributed by atoms with van der Waals surface area (Å²) in [5.74, 6) is 1.82. The molecule has 3 rings (SSSR count). The first-order valence-electron chi connectivity index (χ1n) is 6.64. The minimum atomic E-state index is 0.475. The molecule has 0 radical (unpaired) electrons. The highest BCUT2D eigenvalue weighted by Gasteiger charge is 2.18. The predicted octanol–water partition coefficient (Wildman–Crippen LogP) is 2.91. The Hall–Kier alpha value is -2.14. The van der Waals surface area contributed by atoms with Crippen molar-refractivity contribution in [1.29, 1.82) is 0 Å². The Balaban J connectivity index is 2.34. The number of fused-ring (bicyclic) bond motifs is 1. The van der Waals surface area contributed by atoms with Crippen molar-refractivity contribution in [1.82, 2.24) is 19.5 Å². The highest BCUT2D eigenvalue weighted by Crippen LogP contribution is 2.26. The number of benzene rings is 1. The van der Waals surface area contributed by atoms with Crippen molar-refractivity contribution in [2.24, 2.45) is 0 Å². The molecule has 21 heavy (non-hydrogen) atoms. The smallest absolute Gasteiger partial charge is 0.245 e. The van der Waals surface area contributed by atoms with Crippen LogP contribution in [-0.4, -0.2) is 32.5 Å². The third-order valence-corrected chi connectivity index (χ3v) is 3.54. The number of para-hydroxylation sites is 1. The highest BCUT2D eigenvalue weighted by atomic mass is 35.5. The molecule has 5 nitrogen and oxygen atoms in total. The van der Waals surface area contributed by atoms with E-state index in [0.717, 1.165) is 22.7 Å². The fraction of sp³-hybridized carbons (Fsp3) is 0.267. The van der Waals surface area contributed by atoms with Gasteiger partial charge >= 0.3 is 0 Å². The summed E-state index contributed by atoms with van der Waals surface area (Å²) in [5, 5.41) is 0. The SMILES string of the molecule is COc1ncnc2c1nc(CCCl)n2-c1ccccc1C. The fourth-order valence-corrected chi connectivity index (χ4v) is 2.55. The van der Waals surface area contributed by atoms with E-state index in [-0.39, 0.29) is 0 Å². The lowest BCUT2D eigenvalue weighted by atomic mass is 10.2. The average molecular weight is 303 g/mol. The van der Waals surface area contributed by atoms with Crippen LogP contribution in [0, 0.1) is 6.92 Å². The molecule has 0 spiro atoms. The number of hydrogen-bond donors (Lipinski definition) is 0. The van der Waals surface area contributed by atoms with Gasteiger partial charge in [0, 0.05) is 12.3 Å². The second kappa shape index (κ2) is 5.69. The summed E-state index contributed by atoms with van der Waals surface area (Å²) in [4.78, 5) is 13.1. The number of alkyl halides is 1. The van der Waals surface area contributed by atoms with Crippen LogP contribution >= 0.6 is 11.6 Å². The number of hydrogen-bond acceptors (Lipinski definition) is 4. The van der Waals surface area contributed by atoms with E-state index in [9.17, 15) is 0 Å². The molecule has 0 fully saturated rings. The van der Waals surface area contributed by atoms with Gasteiger partial charge in [-0.05, 0) is 18.6 Å². The summed E-state index contributed by atoms with van der Waals surface area (Å²) in [6.45, 7) is 2.06. The van der Waals surface area contributed by atoms with Crippen molar-refractivity contribution >= 4 is 22.8 Å². The minimum absolute atomic E-state index is 0.475. The van der Waals surface area contributed by atoms with Crippen molar-refractivity contribution in [2.75, 3.05) is 13.0 Å². The number of imidazole rings is 1. The summed E-state index contributed by atoms with van der Waals surface area (Å²) in [6, 6.07) is 8.11. The summed E-state index contributed by atoms with van der Waals surface area (Å²) >= 11 is 5.92. The zero-order valence-corrected chi connectivity index (χ0v) is 12.6. The lowest BCUT2D eigenvalue weighted by Crippen LogP contribution is -2.04. The molecule has 0 atom stereocenters. The van der Waals surface area contributed by atoms with Gasteiger partial charge in [0.15, 0.2) is 11.2 Å². The van der Waals surface area contributed by atoms with Gasteiger partial charge in [-0.2, -0.15) is 4.98 Å². The molecule has 2 heterocycles. The van der Waals surface area contributed by atoms with Crippen LogP contribution in [0.15, 0.2) is 30.6 Å². The van der Waals surface area contributed by atoms with Gasteiger partial charge in [-0.25, -0.2) is 9.97 Å². The van der Waals surface area contributed by atoms with Crippen molar-refractivity contribution in [3.8, 4) is 11.6 Å². The Morgan fingerprint density at radius 2 is 2.05 bits per heavy atom. The van der Waals surface area contributed by atoms with Crippen LogP contribution in [0.4, 0.5) is 0 Å². The zero-order valence-electron chi connectivity index (χ0n) is 11.9. The van der Waals surface area contributed by atoms with E-state index in [1.54, 1.807) is 7.11 Å². The molecule has 2 aromatic heterocycles. The Morgan fingerprint density at radius 1 is 1.24 bits per heavy atom. The van der Waals surface area contributed by atoms with E-state index in [0.29, 0.717) is 23.7 Å². The number of rotatable bonds is 4. The molecular formula is C15H15ClN4O. The zero-order chi connectivity index (χ0) is 14.8. The molecule has 6 heteroatoms. The molecule has 0 aliphatic carbocycles. The first kappa shape index (κ1) is 13.8. The van der Waals surface area contributed by atoms with Crippen LogP contribution in [-0.2, 0) is 6.42 Å². The topological polar surface area (TPSA) is 52.8 Å². The van der Waals surface area contributed by atoms with Gasteiger partial charge in [-0.15, -0.1) is 11.6 Å². The van der Waals surface area contributed by atoms with Crippen molar-refractivity contribution < 1.29 is 4.74 Å². The Labute approximate surface area is 127 Å². The molecule has 3 aromatic rings. The molecule has 0 N–H and O–H groups in total. The summed E-state index contributed by atoms with van der Waals surface area (Å²) in [7, 11) is 1.58. The predicted molar refractivity (Wildman–Crippen MR) is 82.4 cm³/mol. The fourth-order valence-electron chi connectivity index (χ4n) is 2.39. The van der Waals surface area contributed by atoms with Gasteiger partial charge in [0.2, 0.25) is 5.88 Å². The number of methoxy groups -OCH3 is 1. The molecule has 0 unspecified atom stereocenters.